The molecule has 0 unspecified atom stereocenters. The van der Waals surface area contributed by atoms with Crippen LogP contribution in [0.3, 0.4) is 0 Å². The standard InChI is InChI=1S/C21H14F3N3O3S/c22-21(23,24)29-15-7-3-6-14(11-15)20(28)25-16-8-2-1-5-13(16)12-18-26-19(27-30-18)17-9-4-10-31-17/h1-11H,12H2,(H,25,28). The SMILES string of the molecule is O=C(Nc1ccccc1Cc1nc(-c2cccs2)no1)c1cccc(OC(F)(F)F)c1. The van der Waals surface area contributed by atoms with Crippen LogP contribution >= 0.6 is 11.3 Å². The van der Waals surface area contributed by atoms with E-state index in [-0.39, 0.29) is 12.0 Å². The topological polar surface area (TPSA) is 77.3 Å². The lowest BCUT2D eigenvalue weighted by molar-refractivity contribution is -0.274. The van der Waals surface area contributed by atoms with E-state index >= 15 is 0 Å². The summed E-state index contributed by atoms with van der Waals surface area (Å²) in [4.78, 5) is 17.8. The van der Waals surface area contributed by atoms with Gasteiger partial charge in [-0.1, -0.05) is 35.5 Å². The third kappa shape index (κ3) is 5.28. The number of nitrogens with one attached hydrogen (secondary N) is 1. The quantitative estimate of drug-likeness (QED) is 0.422. The van der Waals surface area contributed by atoms with Crippen molar-refractivity contribution in [2.24, 2.45) is 0 Å². The van der Waals surface area contributed by atoms with Gasteiger partial charge >= 0.3 is 6.36 Å². The summed E-state index contributed by atoms with van der Waals surface area (Å²) < 4.78 is 46.5. The van der Waals surface area contributed by atoms with Gasteiger partial charge in [0.2, 0.25) is 11.7 Å². The van der Waals surface area contributed by atoms with Crippen molar-refractivity contribution in [2.45, 2.75) is 12.8 Å². The molecule has 0 radical (unpaired) electrons. The molecule has 6 nitrogen and oxygen atoms in total. The third-order valence-corrected chi connectivity index (χ3v) is 5.01. The van der Waals surface area contributed by atoms with Crippen molar-refractivity contribution in [3.8, 4) is 16.5 Å². The normalized spacial score (nSPS) is 11.3. The van der Waals surface area contributed by atoms with E-state index in [0.29, 0.717) is 23.0 Å². The lowest BCUT2D eigenvalue weighted by atomic mass is 10.1. The Bertz CT molecular complexity index is 1190. The number of nitrogens with zero attached hydrogens (tertiary/aromatic N) is 2. The van der Waals surface area contributed by atoms with E-state index in [2.05, 4.69) is 20.2 Å². The van der Waals surface area contributed by atoms with Crippen LogP contribution in [0.2, 0.25) is 0 Å². The van der Waals surface area contributed by atoms with Crippen LogP contribution in [0.4, 0.5) is 18.9 Å². The number of carbonyl (C=O) groups excluding carboxylic acids is 1. The van der Waals surface area contributed by atoms with Crippen LogP contribution in [0.25, 0.3) is 10.7 Å². The van der Waals surface area contributed by atoms with Crippen LogP contribution in [0.5, 0.6) is 5.75 Å². The van der Waals surface area contributed by atoms with Crippen molar-refractivity contribution < 1.29 is 27.2 Å². The average molecular weight is 445 g/mol. The van der Waals surface area contributed by atoms with Gasteiger partial charge in [-0.3, -0.25) is 4.79 Å². The zero-order valence-corrected chi connectivity index (χ0v) is 16.5. The highest BCUT2D eigenvalue weighted by Crippen LogP contribution is 2.26. The Morgan fingerprint density at radius 3 is 2.71 bits per heavy atom. The molecule has 0 aliphatic heterocycles. The molecule has 0 fully saturated rings. The van der Waals surface area contributed by atoms with E-state index in [1.165, 1.54) is 23.5 Å². The summed E-state index contributed by atoms with van der Waals surface area (Å²) in [6.45, 7) is 0. The number of carbonyl (C=O) groups is 1. The summed E-state index contributed by atoms with van der Waals surface area (Å²) in [6.07, 6.45) is -4.57. The maximum atomic E-state index is 12.6. The van der Waals surface area contributed by atoms with Crippen molar-refractivity contribution in [3.05, 3.63) is 83.1 Å². The monoisotopic (exact) mass is 445 g/mol. The zero-order chi connectivity index (χ0) is 21.8. The van der Waals surface area contributed by atoms with Crippen LogP contribution in [-0.4, -0.2) is 22.4 Å². The second-order valence-corrected chi connectivity index (χ2v) is 7.30. The zero-order valence-electron chi connectivity index (χ0n) is 15.7. The molecular formula is C21H14F3N3O3S. The first-order valence-corrected chi connectivity index (χ1v) is 9.87. The van der Waals surface area contributed by atoms with Gasteiger partial charge < -0.3 is 14.6 Å². The summed E-state index contributed by atoms with van der Waals surface area (Å²) in [5, 5.41) is 8.58. The Balaban J connectivity index is 1.50. The lowest BCUT2D eigenvalue weighted by Gasteiger charge is -2.12. The molecule has 158 valence electrons. The number of amides is 1. The number of halogens is 3. The summed E-state index contributed by atoms with van der Waals surface area (Å²) in [7, 11) is 0. The number of rotatable bonds is 6. The predicted octanol–water partition coefficient (Wildman–Crippen LogP) is 5.54. The van der Waals surface area contributed by atoms with Crippen LogP contribution in [-0.2, 0) is 6.42 Å². The van der Waals surface area contributed by atoms with Crippen molar-refractivity contribution in [1.29, 1.82) is 0 Å². The number of thiophene rings is 1. The van der Waals surface area contributed by atoms with Crippen LogP contribution in [0.1, 0.15) is 21.8 Å². The van der Waals surface area contributed by atoms with E-state index in [9.17, 15) is 18.0 Å². The van der Waals surface area contributed by atoms with Crippen molar-refractivity contribution in [3.63, 3.8) is 0 Å². The van der Waals surface area contributed by atoms with Crippen molar-refractivity contribution >= 4 is 22.9 Å². The minimum Gasteiger partial charge on any atom is -0.406 e. The Labute approximate surface area is 178 Å². The van der Waals surface area contributed by atoms with Gasteiger partial charge in [0.1, 0.15) is 5.75 Å². The second kappa shape index (κ2) is 8.60. The van der Waals surface area contributed by atoms with Gasteiger partial charge in [-0.15, -0.1) is 24.5 Å². The molecule has 10 heteroatoms. The molecular weight excluding hydrogens is 431 g/mol. The first kappa shape index (κ1) is 20.6. The molecule has 4 aromatic rings. The summed E-state index contributed by atoms with van der Waals surface area (Å²) in [5.74, 6) is -0.205. The van der Waals surface area contributed by atoms with Gasteiger partial charge in [0.25, 0.3) is 5.91 Å². The number of ether oxygens (including phenoxy) is 1. The molecule has 2 heterocycles. The third-order valence-electron chi connectivity index (χ3n) is 4.15. The molecule has 1 N–H and O–H groups in total. The number of para-hydroxylation sites is 1. The molecule has 0 saturated heterocycles. The summed E-state index contributed by atoms with van der Waals surface area (Å²) >= 11 is 1.49. The lowest BCUT2D eigenvalue weighted by Crippen LogP contribution is -2.18. The molecule has 0 spiro atoms. The Morgan fingerprint density at radius 2 is 1.94 bits per heavy atom. The van der Waals surface area contributed by atoms with E-state index in [1.54, 1.807) is 24.3 Å². The number of benzene rings is 2. The first-order chi connectivity index (χ1) is 14.9. The van der Waals surface area contributed by atoms with Gasteiger partial charge in [0.05, 0.1) is 11.3 Å². The van der Waals surface area contributed by atoms with Crippen LogP contribution < -0.4 is 10.1 Å². The fourth-order valence-electron chi connectivity index (χ4n) is 2.82. The molecule has 0 aliphatic rings. The van der Waals surface area contributed by atoms with Gasteiger partial charge in [-0.05, 0) is 41.3 Å². The number of aromatic nitrogens is 2. The smallest absolute Gasteiger partial charge is 0.406 e. The van der Waals surface area contributed by atoms with Gasteiger partial charge in [-0.25, -0.2) is 0 Å². The van der Waals surface area contributed by atoms with E-state index in [4.69, 9.17) is 4.52 Å². The minimum atomic E-state index is -4.84. The molecule has 4 rings (SSSR count). The van der Waals surface area contributed by atoms with Crippen molar-refractivity contribution in [2.75, 3.05) is 5.32 Å². The predicted molar refractivity (Wildman–Crippen MR) is 108 cm³/mol. The largest absolute Gasteiger partial charge is 0.573 e. The molecule has 0 saturated carbocycles. The molecule has 0 bridgehead atoms. The number of hydrogen-bond acceptors (Lipinski definition) is 6. The van der Waals surface area contributed by atoms with E-state index in [1.807, 2.05) is 17.5 Å². The second-order valence-electron chi connectivity index (χ2n) is 6.35. The molecule has 2 aromatic heterocycles. The summed E-state index contributed by atoms with van der Waals surface area (Å²) in [5.41, 5.74) is 1.21. The van der Waals surface area contributed by atoms with Gasteiger partial charge in [0.15, 0.2) is 0 Å². The number of hydrogen-bond donors (Lipinski definition) is 1. The Hall–Kier alpha value is -3.66. The molecule has 2 aromatic carbocycles. The highest BCUT2D eigenvalue weighted by molar-refractivity contribution is 7.13. The highest BCUT2D eigenvalue weighted by atomic mass is 32.1. The van der Waals surface area contributed by atoms with Crippen LogP contribution in [0.15, 0.2) is 70.6 Å². The maximum Gasteiger partial charge on any atom is 0.573 e. The van der Waals surface area contributed by atoms with Crippen molar-refractivity contribution in [1.82, 2.24) is 10.1 Å². The first-order valence-electron chi connectivity index (χ1n) is 8.99. The van der Waals surface area contributed by atoms with Gasteiger partial charge in [-0.2, -0.15) is 4.98 Å². The Morgan fingerprint density at radius 1 is 1.10 bits per heavy atom. The fourth-order valence-corrected chi connectivity index (χ4v) is 3.47. The number of alkyl halides is 3. The minimum absolute atomic E-state index is 0.0225. The highest BCUT2D eigenvalue weighted by Gasteiger charge is 2.31. The number of anilines is 1. The summed E-state index contributed by atoms with van der Waals surface area (Å²) in [6, 6.07) is 15.6. The van der Waals surface area contributed by atoms with E-state index < -0.39 is 18.0 Å². The molecule has 31 heavy (non-hydrogen) atoms. The van der Waals surface area contributed by atoms with E-state index in [0.717, 1.165) is 17.0 Å². The van der Waals surface area contributed by atoms with Gasteiger partial charge in [0, 0.05) is 11.3 Å². The Kier molecular flexibility index (Phi) is 5.72. The molecule has 0 aliphatic carbocycles. The average Bonchev–Trinajstić information content (AvgIpc) is 3.40. The van der Waals surface area contributed by atoms with Crippen LogP contribution in [0, 0.1) is 0 Å². The maximum absolute atomic E-state index is 12.6. The molecule has 0 atom stereocenters. The molecule has 1 amide bonds. The fraction of sp³-hybridized carbons (Fsp3) is 0.0952.